The summed E-state index contributed by atoms with van der Waals surface area (Å²) in [5.41, 5.74) is 0. The molecule has 4 heteroatoms. The molecule has 0 amide bonds. The molecule has 68 valence electrons. The van der Waals surface area contributed by atoms with Gasteiger partial charge in [0.2, 0.25) is 0 Å². The molecule has 0 spiro atoms. The average Bonchev–Trinajstić information content (AvgIpc) is 1.87. The third kappa shape index (κ3) is 16.8. The number of carboxylic acid groups (broad SMARTS) is 1. The Labute approximate surface area is 96.1 Å². The van der Waals surface area contributed by atoms with Crippen LogP contribution in [0.5, 0.6) is 0 Å². The maximum atomic E-state index is 9.92. The van der Waals surface area contributed by atoms with Crippen molar-refractivity contribution in [2.75, 3.05) is 0 Å². The zero-order valence-electron chi connectivity index (χ0n) is 8.06. The molecule has 0 atom stereocenters. The van der Waals surface area contributed by atoms with Gasteiger partial charge in [-0.25, -0.2) is 0 Å². The predicted molar refractivity (Wildman–Crippen MR) is 42.0 cm³/mol. The number of carbonyl (C=O) groups excluding carboxylic acids is 1. The van der Waals surface area contributed by atoms with E-state index < -0.39 is 5.97 Å². The molecule has 0 radical (unpaired) electrons. The van der Waals surface area contributed by atoms with Gasteiger partial charge in [-0.3, -0.25) is 0 Å². The monoisotopic (exact) mass is 184 g/mol. The van der Waals surface area contributed by atoms with Gasteiger partial charge >= 0.3 is 29.6 Å². The first-order chi connectivity index (χ1) is 4.77. The molecule has 0 aromatic carbocycles. The predicted octanol–water partition coefficient (Wildman–Crippen LogP) is -2.72. The van der Waals surface area contributed by atoms with Gasteiger partial charge in [0.25, 0.3) is 0 Å². The van der Waals surface area contributed by atoms with E-state index in [1.54, 1.807) is 0 Å². The molecule has 0 saturated heterocycles. The molecule has 0 aromatic heterocycles. The Kier molecular flexibility index (Phi) is 21.3. The standard InChI is InChI=1S/C8H16O2.Na.H2O/c1-2-3-4-5-6-7-8(9)10;;/h2-7H2,1H3,(H,9,10);;1H2/q;+1;/p-1. The van der Waals surface area contributed by atoms with Crippen LogP contribution >= 0.6 is 0 Å². The van der Waals surface area contributed by atoms with Crippen molar-refractivity contribution >= 4 is 5.97 Å². The molecule has 0 unspecified atom stereocenters. The van der Waals surface area contributed by atoms with Gasteiger partial charge in [-0.2, -0.15) is 0 Å². The number of carbonyl (C=O) groups is 1. The van der Waals surface area contributed by atoms with Gasteiger partial charge in [-0.05, 0) is 12.8 Å². The van der Waals surface area contributed by atoms with Crippen LogP contribution in [0.3, 0.4) is 0 Å². The first kappa shape index (κ1) is 18.3. The van der Waals surface area contributed by atoms with Crippen molar-refractivity contribution < 1.29 is 44.9 Å². The quantitative estimate of drug-likeness (QED) is 0.332. The van der Waals surface area contributed by atoms with Crippen molar-refractivity contribution in [2.45, 2.75) is 45.4 Å². The van der Waals surface area contributed by atoms with E-state index in [2.05, 4.69) is 6.92 Å². The maximum absolute atomic E-state index is 9.92. The largest absolute Gasteiger partial charge is 1.00 e. The minimum atomic E-state index is -0.920. The van der Waals surface area contributed by atoms with E-state index in [1.165, 1.54) is 12.8 Å². The van der Waals surface area contributed by atoms with Crippen molar-refractivity contribution in [1.82, 2.24) is 0 Å². The van der Waals surface area contributed by atoms with E-state index in [1.807, 2.05) is 0 Å². The van der Waals surface area contributed by atoms with E-state index in [0.717, 1.165) is 19.3 Å². The maximum Gasteiger partial charge on any atom is 1.00 e. The van der Waals surface area contributed by atoms with Crippen molar-refractivity contribution in [3.05, 3.63) is 0 Å². The number of hydrogen-bond donors (Lipinski definition) is 0. The summed E-state index contributed by atoms with van der Waals surface area (Å²) < 4.78 is 0. The van der Waals surface area contributed by atoms with Crippen LogP contribution < -0.4 is 34.7 Å². The zero-order valence-corrected chi connectivity index (χ0v) is 10.1. The fraction of sp³-hybridized carbons (Fsp3) is 0.875. The van der Waals surface area contributed by atoms with Crippen LogP contribution in [0.25, 0.3) is 0 Å². The summed E-state index contributed by atoms with van der Waals surface area (Å²) in [5, 5.41) is 9.92. The molecule has 0 rings (SSSR count). The number of aliphatic carboxylic acids is 1. The number of hydrogen-bond acceptors (Lipinski definition) is 2. The van der Waals surface area contributed by atoms with Crippen LogP contribution in [-0.4, -0.2) is 11.4 Å². The average molecular weight is 184 g/mol. The second-order valence-corrected chi connectivity index (χ2v) is 2.54. The Balaban J connectivity index is -0.000000405. The van der Waals surface area contributed by atoms with Gasteiger partial charge in [0.1, 0.15) is 0 Å². The topological polar surface area (TPSA) is 71.6 Å². The van der Waals surface area contributed by atoms with Gasteiger partial charge in [0, 0.05) is 5.97 Å². The fourth-order valence-corrected chi connectivity index (χ4v) is 0.873. The molecule has 2 N–H and O–H groups in total. The van der Waals surface area contributed by atoms with E-state index in [4.69, 9.17) is 0 Å². The molecule has 0 aromatic rings. The molecule has 12 heavy (non-hydrogen) atoms. The minimum Gasteiger partial charge on any atom is -0.550 e. The van der Waals surface area contributed by atoms with Crippen molar-refractivity contribution in [2.24, 2.45) is 0 Å². The van der Waals surface area contributed by atoms with Gasteiger partial charge in [0.05, 0.1) is 0 Å². The van der Waals surface area contributed by atoms with Crippen molar-refractivity contribution in [3.8, 4) is 0 Å². The second-order valence-electron chi connectivity index (χ2n) is 2.54. The summed E-state index contributed by atoms with van der Waals surface area (Å²) >= 11 is 0. The Bertz CT molecular complexity index is 96.3. The summed E-state index contributed by atoms with van der Waals surface area (Å²) in [6.45, 7) is 2.14. The normalized spacial score (nSPS) is 8.08. The van der Waals surface area contributed by atoms with E-state index in [-0.39, 0.29) is 41.5 Å². The van der Waals surface area contributed by atoms with Gasteiger partial charge in [-0.15, -0.1) is 0 Å². The van der Waals surface area contributed by atoms with Crippen LogP contribution in [0, 0.1) is 0 Å². The molecule has 0 fully saturated rings. The summed E-state index contributed by atoms with van der Waals surface area (Å²) in [6.07, 6.45) is 5.61. The molecule has 3 nitrogen and oxygen atoms in total. The fourth-order valence-electron chi connectivity index (χ4n) is 0.873. The van der Waals surface area contributed by atoms with Crippen molar-refractivity contribution in [3.63, 3.8) is 0 Å². The minimum absolute atomic E-state index is 0. The van der Waals surface area contributed by atoms with Crippen LogP contribution in [0.2, 0.25) is 0 Å². The summed E-state index contributed by atoms with van der Waals surface area (Å²) in [5.74, 6) is -0.920. The molecular formula is C8H17NaO3. The number of unbranched alkanes of at least 4 members (excludes halogenated alkanes) is 4. The Morgan fingerprint density at radius 2 is 1.67 bits per heavy atom. The van der Waals surface area contributed by atoms with Gasteiger partial charge < -0.3 is 15.4 Å². The zero-order chi connectivity index (χ0) is 7.82. The smallest absolute Gasteiger partial charge is 0.550 e. The van der Waals surface area contributed by atoms with Gasteiger partial charge in [0.15, 0.2) is 0 Å². The molecule has 0 saturated carbocycles. The van der Waals surface area contributed by atoms with Crippen LogP contribution in [-0.2, 0) is 4.79 Å². The van der Waals surface area contributed by atoms with Crippen LogP contribution in [0.1, 0.15) is 45.4 Å². The molecule has 0 aliphatic heterocycles. The molecule has 0 heterocycles. The number of rotatable bonds is 6. The second kappa shape index (κ2) is 14.0. The summed E-state index contributed by atoms with van der Waals surface area (Å²) in [7, 11) is 0. The first-order valence-electron chi connectivity index (χ1n) is 3.97. The first-order valence-corrected chi connectivity index (χ1v) is 3.97. The summed E-state index contributed by atoms with van der Waals surface area (Å²) in [4.78, 5) is 9.92. The Hall–Kier alpha value is 0.430. The van der Waals surface area contributed by atoms with E-state index in [9.17, 15) is 9.90 Å². The van der Waals surface area contributed by atoms with Crippen LogP contribution in [0.15, 0.2) is 0 Å². The Morgan fingerprint density at radius 3 is 2.08 bits per heavy atom. The summed E-state index contributed by atoms with van der Waals surface area (Å²) in [6, 6.07) is 0. The SMILES string of the molecule is CCCCCCCC(=O)[O-].O.[Na+]. The molecule has 0 aliphatic carbocycles. The van der Waals surface area contributed by atoms with E-state index in [0.29, 0.717) is 0 Å². The molecule has 0 aliphatic rings. The third-order valence-corrected chi connectivity index (χ3v) is 1.48. The number of carboxylic acids is 1. The molecular weight excluding hydrogens is 167 g/mol. The third-order valence-electron chi connectivity index (χ3n) is 1.48. The van der Waals surface area contributed by atoms with E-state index >= 15 is 0 Å². The Morgan fingerprint density at radius 1 is 1.17 bits per heavy atom. The van der Waals surface area contributed by atoms with Gasteiger partial charge in [-0.1, -0.05) is 32.6 Å². The molecule has 0 bridgehead atoms. The van der Waals surface area contributed by atoms with Crippen LogP contribution in [0.4, 0.5) is 0 Å². The van der Waals surface area contributed by atoms with Crippen molar-refractivity contribution in [1.29, 1.82) is 0 Å².